The third kappa shape index (κ3) is 7.34. The van der Waals surface area contributed by atoms with Gasteiger partial charge in [-0.15, -0.1) is 0 Å². The molecule has 6 heterocycles. The third-order valence-electron chi connectivity index (χ3n) is 14.2. The molecule has 1 fully saturated rings. The smallest absolute Gasteiger partial charge is 0.343 e. The first-order valence-corrected chi connectivity index (χ1v) is 23.1. The summed E-state index contributed by atoms with van der Waals surface area (Å²) >= 11 is 0. The van der Waals surface area contributed by atoms with Gasteiger partial charge in [0.05, 0.1) is 68.4 Å². The van der Waals surface area contributed by atoms with Crippen molar-refractivity contribution in [2.24, 2.45) is 11.8 Å². The van der Waals surface area contributed by atoms with Gasteiger partial charge in [-0.3, -0.25) is 9.59 Å². The molecule has 0 bridgehead atoms. The number of hydrogen-bond donors (Lipinski definition) is 1. The van der Waals surface area contributed by atoms with E-state index in [1.54, 1.807) is 60.0 Å². The number of esters is 3. The Hall–Kier alpha value is -7.83. The van der Waals surface area contributed by atoms with Crippen molar-refractivity contribution in [1.82, 2.24) is 14.5 Å². The van der Waals surface area contributed by atoms with Crippen LogP contribution in [-0.4, -0.2) is 93.1 Å². The van der Waals surface area contributed by atoms with Crippen LogP contribution in [0.15, 0.2) is 77.6 Å². The average molecular weight is 968 g/mol. The molecule has 0 spiro atoms. The van der Waals surface area contributed by atoms with E-state index in [1.807, 2.05) is 31.1 Å². The van der Waals surface area contributed by atoms with Crippen molar-refractivity contribution in [3.63, 3.8) is 0 Å². The summed E-state index contributed by atoms with van der Waals surface area (Å²) in [5, 5.41) is 11.5. The summed E-state index contributed by atoms with van der Waals surface area (Å²) in [5.41, 5.74) is 4.20. The summed E-state index contributed by atoms with van der Waals surface area (Å²) in [7, 11) is 8.38. The predicted octanol–water partition coefficient (Wildman–Crippen LogP) is 6.49. The number of aromatic nitrogens is 2. The number of phenols is 1. The van der Waals surface area contributed by atoms with Gasteiger partial charge in [-0.2, -0.15) is 0 Å². The van der Waals surface area contributed by atoms with E-state index in [1.165, 1.54) is 33.5 Å². The lowest BCUT2D eigenvalue weighted by Gasteiger charge is -2.38. The van der Waals surface area contributed by atoms with Gasteiger partial charge in [0.2, 0.25) is 12.5 Å². The Labute approximate surface area is 406 Å². The lowest BCUT2D eigenvalue weighted by atomic mass is 9.66. The van der Waals surface area contributed by atoms with E-state index in [4.69, 9.17) is 52.4 Å². The Balaban J connectivity index is 0.840. The number of ether oxygens (including phenoxy) is 10. The number of benzene rings is 4. The van der Waals surface area contributed by atoms with E-state index in [0.717, 1.165) is 16.5 Å². The summed E-state index contributed by atoms with van der Waals surface area (Å²) < 4.78 is 60.1. The van der Waals surface area contributed by atoms with Gasteiger partial charge < -0.3 is 61.9 Å². The van der Waals surface area contributed by atoms with Crippen molar-refractivity contribution in [3.8, 4) is 51.6 Å². The molecule has 366 valence electrons. The number of phenolic OH excluding ortho intramolecular Hbond substituents is 1. The van der Waals surface area contributed by atoms with Crippen LogP contribution in [0, 0.1) is 11.8 Å². The maximum absolute atomic E-state index is 14.2. The molecule has 71 heavy (non-hydrogen) atoms. The second-order valence-electron chi connectivity index (χ2n) is 18.3. The number of methoxy groups -OCH3 is 3. The van der Waals surface area contributed by atoms with Gasteiger partial charge in [0.15, 0.2) is 35.4 Å². The van der Waals surface area contributed by atoms with Crippen LogP contribution in [0.5, 0.6) is 40.2 Å². The fraction of sp³-hybridized carbons (Fsp3) is 0.340. The normalized spacial score (nSPS) is 21.1. The SMILES string of the molecule is CCC1(OCOc2ccc(C(=O)OC3c4cc5c(cc4[C@@H](c4cc(OC)c(OC)c(OC)c4)[C@H]4C(=O)OC[C@H]34)OCO5)cc2)C(=O)OCc2c1cc1n(c2=O)Cc2cc3c(CN(C)C)c(O)ccc3nc2-1. The first-order chi connectivity index (χ1) is 34.4. The number of cyclic esters (lactones) is 2. The molecular formula is C53H49N3O15. The van der Waals surface area contributed by atoms with Crippen LogP contribution >= 0.6 is 0 Å². The monoisotopic (exact) mass is 967 g/mol. The number of rotatable bonds is 13. The fourth-order valence-corrected chi connectivity index (χ4v) is 10.8. The summed E-state index contributed by atoms with van der Waals surface area (Å²) in [6, 6.07) is 20.5. The number of carbonyl (C=O) groups excluding carboxylic acids is 3. The Morgan fingerprint density at radius 1 is 0.887 bits per heavy atom. The Kier molecular flexibility index (Phi) is 11.3. The van der Waals surface area contributed by atoms with Crippen molar-refractivity contribution < 1.29 is 66.9 Å². The van der Waals surface area contributed by atoms with Crippen LogP contribution in [0.1, 0.15) is 74.7 Å². The molecule has 4 aromatic carbocycles. The molecule has 4 aliphatic heterocycles. The highest BCUT2D eigenvalue weighted by Crippen LogP contribution is 2.57. The summed E-state index contributed by atoms with van der Waals surface area (Å²) in [5.74, 6) is -1.04. The molecule has 1 aliphatic carbocycles. The largest absolute Gasteiger partial charge is 0.508 e. The predicted molar refractivity (Wildman–Crippen MR) is 251 cm³/mol. The van der Waals surface area contributed by atoms with Crippen molar-refractivity contribution in [2.45, 2.75) is 50.7 Å². The first-order valence-electron chi connectivity index (χ1n) is 23.1. The van der Waals surface area contributed by atoms with Crippen molar-refractivity contribution in [1.29, 1.82) is 0 Å². The first kappa shape index (κ1) is 45.6. The zero-order valence-corrected chi connectivity index (χ0v) is 39.7. The number of nitrogens with zero attached hydrogens (tertiary/aromatic N) is 3. The Morgan fingerprint density at radius 3 is 2.31 bits per heavy atom. The second kappa shape index (κ2) is 17.5. The van der Waals surface area contributed by atoms with Crippen LogP contribution in [0.25, 0.3) is 22.3 Å². The van der Waals surface area contributed by atoms with Crippen molar-refractivity contribution in [3.05, 3.63) is 128 Å². The van der Waals surface area contributed by atoms with Crippen LogP contribution in [-0.2, 0) is 53.8 Å². The number of carbonyl (C=O) groups is 3. The van der Waals surface area contributed by atoms with Crippen LogP contribution in [0.2, 0.25) is 0 Å². The molecule has 2 unspecified atom stereocenters. The van der Waals surface area contributed by atoms with Crippen LogP contribution in [0.3, 0.4) is 0 Å². The van der Waals surface area contributed by atoms with E-state index in [9.17, 15) is 24.3 Å². The fourth-order valence-electron chi connectivity index (χ4n) is 10.8. The minimum Gasteiger partial charge on any atom is -0.508 e. The molecule has 18 heteroatoms. The molecule has 0 radical (unpaired) electrons. The maximum atomic E-state index is 14.2. The zero-order valence-electron chi connectivity index (χ0n) is 39.7. The van der Waals surface area contributed by atoms with E-state index in [2.05, 4.69) is 0 Å². The van der Waals surface area contributed by atoms with E-state index in [-0.39, 0.29) is 49.8 Å². The molecule has 0 saturated carbocycles. The van der Waals surface area contributed by atoms with Gasteiger partial charge in [0.1, 0.15) is 24.2 Å². The number of fused-ring (bicyclic) bond motifs is 8. The molecule has 5 atom stereocenters. The second-order valence-corrected chi connectivity index (χ2v) is 18.3. The summed E-state index contributed by atoms with van der Waals surface area (Å²) in [4.78, 5) is 62.7. The molecule has 18 nitrogen and oxygen atoms in total. The van der Waals surface area contributed by atoms with Gasteiger partial charge in [0.25, 0.3) is 5.56 Å². The quantitative estimate of drug-likeness (QED) is 0.0745. The summed E-state index contributed by atoms with van der Waals surface area (Å²) in [6.45, 7) is 1.88. The van der Waals surface area contributed by atoms with Gasteiger partial charge in [-0.1, -0.05) is 6.92 Å². The van der Waals surface area contributed by atoms with Crippen LogP contribution in [0.4, 0.5) is 0 Å². The Bertz CT molecular complexity index is 3230. The molecule has 11 rings (SSSR count). The molecule has 2 aromatic heterocycles. The molecule has 5 aliphatic rings. The highest BCUT2D eigenvalue weighted by atomic mass is 16.7. The Morgan fingerprint density at radius 2 is 1.62 bits per heavy atom. The van der Waals surface area contributed by atoms with Gasteiger partial charge in [-0.05, 0) is 104 Å². The highest BCUT2D eigenvalue weighted by Gasteiger charge is 2.54. The number of pyridine rings is 2. The molecule has 1 saturated heterocycles. The molecule has 1 N–H and O–H groups in total. The lowest BCUT2D eigenvalue weighted by molar-refractivity contribution is -0.191. The van der Waals surface area contributed by atoms with Gasteiger partial charge in [-0.25, -0.2) is 14.6 Å². The third-order valence-corrected chi connectivity index (χ3v) is 14.2. The average Bonchev–Trinajstić information content (AvgIpc) is 4.11. The highest BCUT2D eigenvalue weighted by molar-refractivity contribution is 5.91. The van der Waals surface area contributed by atoms with Crippen LogP contribution < -0.4 is 34.0 Å². The van der Waals surface area contributed by atoms with E-state index < -0.39 is 54.2 Å². The molecular weight excluding hydrogens is 919 g/mol. The van der Waals surface area contributed by atoms with Crippen molar-refractivity contribution >= 4 is 28.8 Å². The zero-order chi connectivity index (χ0) is 49.5. The topological polar surface area (TPSA) is 202 Å². The van der Waals surface area contributed by atoms with E-state index in [0.29, 0.717) is 85.8 Å². The van der Waals surface area contributed by atoms with E-state index >= 15 is 0 Å². The lowest BCUT2D eigenvalue weighted by Crippen LogP contribution is -2.47. The van der Waals surface area contributed by atoms with Gasteiger partial charge in [0, 0.05) is 46.0 Å². The van der Waals surface area contributed by atoms with Crippen molar-refractivity contribution in [2.75, 3.05) is 55.6 Å². The minimum atomic E-state index is -1.68. The summed E-state index contributed by atoms with van der Waals surface area (Å²) in [6.07, 6.45) is -0.794. The number of aromatic hydroxyl groups is 1. The minimum absolute atomic E-state index is 0.00152. The maximum Gasteiger partial charge on any atom is 0.343 e. The molecule has 0 amide bonds. The standard InChI is InChI=1S/C53H49N3O15/c1-7-53(36-19-38-46-28(20-56(38)49(58)34(36)22-66-52(53)61)14-30-33(21-55(2)3)39(57)13-12-37(30)54-46)70-25-67-29-10-8-26(9-11-29)50(59)71-47-32-18-41-40(68-24-69-41)17-31(32)44(45-35(47)23-65-51(45)60)27-15-42(62-4)48(64-6)43(16-27)63-5/h8-19,35,44-45,47,57H,7,20-25H2,1-6H3/t35-,44+,45-,47?,53?/m0/s1. The van der Waals surface area contributed by atoms with Gasteiger partial charge >= 0.3 is 17.9 Å². The molecule has 6 aromatic rings. The number of hydrogen-bond acceptors (Lipinski definition) is 17.